The molecule has 0 saturated heterocycles. The van der Waals surface area contributed by atoms with E-state index in [2.05, 4.69) is 0 Å². The summed E-state index contributed by atoms with van der Waals surface area (Å²) in [5, 5.41) is 0. The molecule has 16 heavy (non-hydrogen) atoms. The Morgan fingerprint density at radius 3 is 1.50 bits per heavy atom. The van der Waals surface area contributed by atoms with Gasteiger partial charge in [-0.15, -0.1) is 0 Å². The summed E-state index contributed by atoms with van der Waals surface area (Å²) >= 11 is 0. The van der Waals surface area contributed by atoms with Crippen LogP contribution in [-0.2, 0) is 0 Å². The van der Waals surface area contributed by atoms with Crippen LogP contribution in [0.4, 0.5) is 35.1 Å². The lowest BCUT2D eigenvalue weighted by Crippen LogP contribution is -2.37. The van der Waals surface area contributed by atoms with Gasteiger partial charge in [-0.3, -0.25) is 0 Å². The smallest absolute Gasteiger partial charge is 0.208 e. The Morgan fingerprint density at radius 2 is 1.25 bits per heavy atom. The first-order valence-corrected chi connectivity index (χ1v) is 3.97. The third-order valence-corrected chi connectivity index (χ3v) is 1.64. The molecule has 96 valence electrons. The number of halogens is 8. The third kappa shape index (κ3) is 3.64. The molecule has 0 radical (unpaired) electrons. The van der Waals surface area contributed by atoms with Gasteiger partial charge in [0.1, 0.15) is 5.83 Å². The molecule has 0 unspecified atom stereocenters. The van der Waals surface area contributed by atoms with Crippen molar-refractivity contribution >= 4 is 0 Å². The maximum atomic E-state index is 12.5. The number of allylic oxidation sites excluding steroid dienone is 2. The second-order valence-corrected chi connectivity index (χ2v) is 3.38. The van der Waals surface area contributed by atoms with E-state index in [4.69, 9.17) is 0 Å². The number of alkyl halides is 6. The van der Waals surface area contributed by atoms with E-state index in [9.17, 15) is 35.1 Å². The van der Waals surface area contributed by atoms with Crippen molar-refractivity contribution in [1.29, 1.82) is 0 Å². The fourth-order valence-corrected chi connectivity index (χ4v) is 0.666. The van der Waals surface area contributed by atoms with Crippen molar-refractivity contribution in [2.24, 2.45) is 0 Å². The van der Waals surface area contributed by atoms with E-state index in [0.717, 1.165) is 0 Å². The van der Waals surface area contributed by atoms with Crippen molar-refractivity contribution in [3.8, 4) is 0 Å². The van der Waals surface area contributed by atoms with E-state index in [1.165, 1.54) is 0 Å². The van der Waals surface area contributed by atoms with Crippen molar-refractivity contribution in [3.05, 3.63) is 11.7 Å². The summed E-state index contributed by atoms with van der Waals surface area (Å²) in [6.45, 7) is -0.299. The van der Waals surface area contributed by atoms with Gasteiger partial charge in [-0.25, -0.2) is 17.6 Å². The molecule has 0 amide bonds. The fraction of sp³-hybridized carbons (Fsp3) is 0.750. The van der Waals surface area contributed by atoms with E-state index in [1.807, 2.05) is 0 Å². The minimum Gasteiger partial charge on any atom is -0.208 e. The van der Waals surface area contributed by atoms with Gasteiger partial charge in [0.25, 0.3) is 5.92 Å². The van der Waals surface area contributed by atoms with Crippen LogP contribution in [0.25, 0.3) is 0 Å². The van der Waals surface area contributed by atoms with Crippen LogP contribution in [0.1, 0.15) is 20.3 Å². The normalized spacial score (nSPS) is 16.1. The predicted molar refractivity (Wildman–Crippen MR) is 40.0 cm³/mol. The summed E-state index contributed by atoms with van der Waals surface area (Å²) in [5.41, 5.74) is 0. The SMILES string of the molecule is CC(F)(F)/C(F)=C(\F)CC(F)(F)C(C)(F)F. The topological polar surface area (TPSA) is 0 Å². The van der Waals surface area contributed by atoms with Crippen molar-refractivity contribution in [2.75, 3.05) is 0 Å². The summed E-state index contributed by atoms with van der Waals surface area (Å²) in [6, 6.07) is 0. The van der Waals surface area contributed by atoms with Gasteiger partial charge in [-0.05, 0) is 0 Å². The highest BCUT2D eigenvalue weighted by Crippen LogP contribution is 2.41. The zero-order valence-corrected chi connectivity index (χ0v) is 8.23. The fourth-order valence-electron chi connectivity index (χ4n) is 0.666. The lowest BCUT2D eigenvalue weighted by molar-refractivity contribution is -0.198. The van der Waals surface area contributed by atoms with Crippen LogP contribution in [0.5, 0.6) is 0 Å². The molecular weight excluding hydrogens is 248 g/mol. The third-order valence-electron chi connectivity index (χ3n) is 1.64. The first kappa shape index (κ1) is 15.2. The standard InChI is InChI=1S/C8H8F8/c1-6(11,12)5(10)4(9)3-8(15,16)7(2,13)14/h3H2,1-2H3/b5-4+. The Bertz CT molecular complexity index is 279. The molecule has 0 nitrogen and oxygen atoms in total. The maximum absolute atomic E-state index is 12.5. The average Bonchev–Trinajstić information content (AvgIpc) is 1.97. The summed E-state index contributed by atoms with van der Waals surface area (Å²) in [4.78, 5) is 0. The summed E-state index contributed by atoms with van der Waals surface area (Å²) < 4.78 is 98.5. The van der Waals surface area contributed by atoms with Crippen molar-refractivity contribution in [2.45, 2.75) is 38.0 Å². The number of rotatable bonds is 4. The predicted octanol–water partition coefficient (Wildman–Crippen LogP) is 4.47. The van der Waals surface area contributed by atoms with Crippen molar-refractivity contribution in [3.63, 3.8) is 0 Å². The highest BCUT2D eigenvalue weighted by Gasteiger charge is 2.53. The van der Waals surface area contributed by atoms with Gasteiger partial charge in [0.2, 0.25) is 5.83 Å². The molecule has 0 aromatic carbocycles. The lowest BCUT2D eigenvalue weighted by Gasteiger charge is -2.22. The molecule has 0 rings (SSSR count). The molecule has 0 heterocycles. The van der Waals surface area contributed by atoms with Gasteiger partial charge in [0.05, 0.1) is 6.42 Å². The molecule has 0 aliphatic rings. The average molecular weight is 256 g/mol. The lowest BCUT2D eigenvalue weighted by atomic mass is 10.1. The Labute approximate surface area is 85.9 Å². The first-order valence-electron chi connectivity index (χ1n) is 3.97. The van der Waals surface area contributed by atoms with E-state index in [-0.39, 0.29) is 13.8 Å². The molecule has 8 heteroatoms. The van der Waals surface area contributed by atoms with Gasteiger partial charge >= 0.3 is 11.8 Å². The highest BCUT2D eigenvalue weighted by atomic mass is 19.3. The summed E-state index contributed by atoms with van der Waals surface area (Å²) in [7, 11) is 0. The zero-order chi connectivity index (χ0) is 13.4. The van der Waals surface area contributed by atoms with Gasteiger partial charge in [0.15, 0.2) is 0 Å². The molecule has 0 aliphatic carbocycles. The molecule has 0 N–H and O–H groups in total. The minimum absolute atomic E-state index is 0.0792. The Kier molecular flexibility index (Phi) is 4.00. The van der Waals surface area contributed by atoms with Crippen LogP contribution in [-0.4, -0.2) is 17.8 Å². The molecular formula is C8H8F8. The van der Waals surface area contributed by atoms with Crippen LogP contribution in [0.15, 0.2) is 11.7 Å². The minimum atomic E-state index is -4.93. The monoisotopic (exact) mass is 256 g/mol. The molecule has 0 bridgehead atoms. The van der Waals surface area contributed by atoms with Gasteiger partial charge in [-0.2, -0.15) is 17.6 Å². The van der Waals surface area contributed by atoms with E-state index < -0.39 is 35.8 Å². The van der Waals surface area contributed by atoms with E-state index >= 15 is 0 Å². The largest absolute Gasteiger partial charge is 0.316 e. The first-order chi connectivity index (χ1) is 6.79. The maximum Gasteiger partial charge on any atom is 0.316 e. The van der Waals surface area contributed by atoms with Crippen molar-refractivity contribution < 1.29 is 35.1 Å². The van der Waals surface area contributed by atoms with Crippen LogP contribution in [0, 0.1) is 0 Å². The highest BCUT2D eigenvalue weighted by molar-refractivity contribution is 5.10. The second kappa shape index (κ2) is 4.21. The molecule has 0 aliphatic heterocycles. The van der Waals surface area contributed by atoms with Crippen LogP contribution < -0.4 is 0 Å². The van der Waals surface area contributed by atoms with E-state index in [0.29, 0.717) is 0 Å². The van der Waals surface area contributed by atoms with Crippen LogP contribution >= 0.6 is 0 Å². The van der Waals surface area contributed by atoms with Crippen LogP contribution in [0.3, 0.4) is 0 Å². The Balaban J connectivity index is 5.02. The Hall–Kier alpha value is -0.820. The quantitative estimate of drug-likeness (QED) is 0.651. The number of hydrogen-bond acceptors (Lipinski definition) is 0. The molecule has 0 fully saturated rings. The van der Waals surface area contributed by atoms with Gasteiger partial charge in [-0.1, -0.05) is 0 Å². The summed E-state index contributed by atoms with van der Waals surface area (Å²) in [5.74, 6) is -19.2. The van der Waals surface area contributed by atoms with E-state index in [1.54, 1.807) is 0 Å². The number of hydrogen-bond donors (Lipinski definition) is 0. The van der Waals surface area contributed by atoms with Gasteiger partial charge < -0.3 is 0 Å². The molecule has 0 atom stereocenters. The zero-order valence-electron chi connectivity index (χ0n) is 8.23. The molecule has 0 spiro atoms. The Morgan fingerprint density at radius 1 is 0.875 bits per heavy atom. The summed E-state index contributed by atoms with van der Waals surface area (Å²) in [6.07, 6.45) is -2.41. The second-order valence-electron chi connectivity index (χ2n) is 3.38. The molecule has 0 aromatic heterocycles. The molecule has 0 aromatic rings. The molecule has 0 saturated carbocycles. The van der Waals surface area contributed by atoms with Crippen molar-refractivity contribution in [1.82, 2.24) is 0 Å². The van der Waals surface area contributed by atoms with Gasteiger partial charge in [0, 0.05) is 13.8 Å². The van der Waals surface area contributed by atoms with Crippen LogP contribution in [0.2, 0.25) is 0 Å².